The highest BCUT2D eigenvalue weighted by molar-refractivity contribution is 8.03. The van der Waals surface area contributed by atoms with Crippen LogP contribution in [0.4, 0.5) is 5.69 Å². The molecule has 23 heavy (non-hydrogen) atoms. The maximum Gasteiger partial charge on any atom is 0.240 e. The molecule has 2 heterocycles. The number of anilines is 1. The van der Waals surface area contributed by atoms with Crippen LogP contribution in [0, 0.1) is 0 Å². The number of benzene rings is 1. The van der Waals surface area contributed by atoms with Gasteiger partial charge in [-0.3, -0.25) is 4.79 Å². The Labute approximate surface area is 149 Å². The zero-order valence-corrected chi connectivity index (χ0v) is 15.8. The molecule has 0 aliphatic carbocycles. The Hall–Kier alpha value is -1.05. The summed E-state index contributed by atoms with van der Waals surface area (Å²) in [5.41, 5.74) is 2.31. The molecular weight excluding hydrogens is 346 g/mol. The lowest BCUT2D eigenvalue weighted by Crippen LogP contribution is -2.40. The number of carbonyl (C=O) groups is 1. The van der Waals surface area contributed by atoms with Gasteiger partial charge in [0.1, 0.15) is 0 Å². The molecule has 2 atom stereocenters. The molecule has 0 unspecified atom stereocenters. The van der Waals surface area contributed by atoms with Gasteiger partial charge in [0.2, 0.25) is 5.91 Å². The van der Waals surface area contributed by atoms with Crippen molar-refractivity contribution in [3.05, 3.63) is 29.8 Å². The van der Waals surface area contributed by atoms with Gasteiger partial charge in [-0.2, -0.15) is 0 Å². The summed E-state index contributed by atoms with van der Waals surface area (Å²) < 4.78 is 1.83. The molecule has 0 bridgehead atoms. The van der Waals surface area contributed by atoms with Crippen LogP contribution in [0.2, 0.25) is 0 Å². The summed E-state index contributed by atoms with van der Waals surface area (Å²) >= 11 is 4.75. The van der Waals surface area contributed by atoms with Gasteiger partial charge in [-0.25, -0.2) is 0 Å². The molecule has 1 amide bonds. The molecule has 0 fully saturated rings. The quantitative estimate of drug-likeness (QED) is 0.746. The molecule has 0 saturated heterocycles. The molecular formula is C16H19N3OS3. The van der Waals surface area contributed by atoms with Crippen LogP contribution in [0.3, 0.4) is 0 Å². The van der Waals surface area contributed by atoms with Crippen LogP contribution < -0.4 is 4.90 Å². The monoisotopic (exact) mass is 365 g/mol. The Bertz CT molecular complexity index is 703. The van der Waals surface area contributed by atoms with E-state index in [4.69, 9.17) is 0 Å². The predicted molar refractivity (Wildman–Crippen MR) is 98.7 cm³/mol. The number of hydrogen-bond acceptors (Lipinski definition) is 6. The van der Waals surface area contributed by atoms with E-state index in [0.29, 0.717) is 0 Å². The number of nitrogens with zero attached hydrogens (tertiary/aromatic N) is 3. The van der Waals surface area contributed by atoms with Crippen molar-refractivity contribution in [1.82, 2.24) is 10.2 Å². The third-order valence-corrected chi connectivity index (χ3v) is 6.84. The Morgan fingerprint density at radius 1 is 1.39 bits per heavy atom. The number of thioether (sulfide) groups is 2. The normalized spacial score (nSPS) is 18.0. The van der Waals surface area contributed by atoms with Crippen molar-refractivity contribution in [3.8, 4) is 0 Å². The van der Waals surface area contributed by atoms with E-state index >= 15 is 0 Å². The minimum absolute atomic E-state index is 0.146. The highest BCUT2D eigenvalue weighted by Crippen LogP contribution is 2.36. The zero-order chi connectivity index (χ0) is 16.4. The van der Waals surface area contributed by atoms with Gasteiger partial charge in [0.15, 0.2) is 8.68 Å². The van der Waals surface area contributed by atoms with Gasteiger partial charge in [-0.15, -0.1) is 10.2 Å². The van der Waals surface area contributed by atoms with Crippen LogP contribution in [0.15, 0.2) is 32.9 Å². The SMILES string of the molecule is CCSc1nnc(S[C@H](C)C(=O)N2c3ccccc3C[C@@H]2C)s1. The van der Waals surface area contributed by atoms with Gasteiger partial charge in [0, 0.05) is 11.7 Å². The Morgan fingerprint density at radius 3 is 2.91 bits per heavy atom. The topological polar surface area (TPSA) is 46.1 Å². The number of amides is 1. The van der Waals surface area contributed by atoms with Crippen molar-refractivity contribution in [2.45, 2.75) is 47.2 Å². The third-order valence-electron chi connectivity index (χ3n) is 3.73. The second kappa shape index (κ2) is 7.23. The molecule has 1 aromatic carbocycles. The van der Waals surface area contributed by atoms with E-state index in [1.807, 2.05) is 30.0 Å². The van der Waals surface area contributed by atoms with Crippen molar-refractivity contribution in [2.24, 2.45) is 0 Å². The van der Waals surface area contributed by atoms with Gasteiger partial charge in [0.25, 0.3) is 0 Å². The molecule has 122 valence electrons. The van der Waals surface area contributed by atoms with E-state index < -0.39 is 0 Å². The molecule has 1 aliphatic rings. The third kappa shape index (κ3) is 3.56. The van der Waals surface area contributed by atoms with E-state index in [0.717, 1.165) is 26.5 Å². The van der Waals surface area contributed by atoms with Crippen LogP contribution in [-0.2, 0) is 11.2 Å². The van der Waals surface area contributed by atoms with Crippen molar-refractivity contribution in [2.75, 3.05) is 10.7 Å². The smallest absolute Gasteiger partial charge is 0.240 e. The molecule has 1 aromatic heterocycles. The fourth-order valence-electron chi connectivity index (χ4n) is 2.73. The van der Waals surface area contributed by atoms with Gasteiger partial charge in [-0.05, 0) is 37.7 Å². The molecule has 2 aromatic rings. The van der Waals surface area contributed by atoms with Gasteiger partial charge in [-0.1, -0.05) is 60.0 Å². The minimum atomic E-state index is -0.170. The first-order chi connectivity index (χ1) is 11.1. The van der Waals surface area contributed by atoms with E-state index in [1.165, 1.54) is 17.3 Å². The van der Waals surface area contributed by atoms with E-state index in [1.54, 1.807) is 23.1 Å². The Kier molecular flexibility index (Phi) is 5.28. The number of carbonyl (C=O) groups excluding carboxylic acids is 1. The summed E-state index contributed by atoms with van der Waals surface area (Å²) in [6.45, 7) is 6.15. The summed E-state index contributed by atoms with van der Waals surface area (Å²) in [5, 5.41) is 8.17. The predicted octanol–water partition coefficient (Wildman–Crippen LogP) is 4.11. The first-order valence-electron chi connectivity index (χ1n) is 7.64. The Morgan fingerprint density at radius 2 is 2.13 bits per heavy atom. The highest BCUT2D eigenvalue weighted by atomic mass is 32.2. The maximum absolute atomic E-state index is 12.9. The van der Waals surface area contributed by atoms with Gasteiger partial charge in [0.05, 0.1) is 5.25 Å². The van der Waals surface area contributed by atoms with Crippen molar-refractivity contribution in [3.63, 3.8) is 0 Å². The summed E-state index contributed by atoms with van der Waals surface area (Å²) in [7, 11) is 0. The second-order valence-electron chi connectivity index (χ2n) is 5.42. The van der Waals surface area contributed by atoms with Crippen LogP contribution in [0.5, 0.6) is 0 Å². The summed E-state index contributed by atoms with van der Waals surface area (Å²) in [5.74, 6) is 1.13. The van der Waals surface area contributed by atoms with Crippen molar-refractivity contribution in [1.29, 1.82) is 0 Å². The van der Waals surface area contributed by atoms with Crippen LogP contribution in [0.25, 0.3) is 0 Å². The number of fused-ring (bicyclic) bond motifs is 1. The summed E-state index contributed by atoms with van der Waals surface area (Å²) in [4.78, 5) is 14.9. The maximum atomic E-state index is 12.9. The van der Waals surface area contributed by atoms with E-state index in [2.05, 4.69) is 30.1 Å². The Balaban J connectivity index is 1.72. The molecule has 4 nitrogen and oxygen atoms in total. The molecule has 7 heteroatoms. The molecule has 0 spiro atoms. The molecule has 0 saturated carbocycles. The molecule has 0 radical (unpaired) electrons. The second-order valence-corrected chi connectivity index (χ2v) is 9.49. The average Bonchev–Trinajstić information content (AvgIpc) is 3.10. The van der Waals surface area contributed by atoms with Crippen LogP contribution in [-0.4, -0.2) is 33.1 Å². The van der Waals surface area contributed by atoms with Crippen LogP contribution in [0.1, 0.15) is 26.3 Å². The minimum Gasteiger partial charge on any atom is -0.308 e. The van der Waals surface area contributed by atoms with Crippen molar-refractivity contribution < 1.29 is 4.79 Å². The summed E-state index contributed by atoms with van der Waals surface area (Å²) in [6, 6.07) is 8.38. The fourth-order valence-corrected chi connectivity index (χ4v) is 5.84. The summed E-state index contributed by atoms with van der Waals surface area (Å²) in [6.07, 6.45) is 0.926. The standard InChI is InChI=1S/C16H19N3OS3/c1-4-21-15-17-18-16(23-15)22-11(3)14(20)19-10(2)9-12-7-5-6-8-13(12)19/h5-8,10-11H,4,9H2,1-3H3/t10-,11+/m0/s1. The lowest BCUT2D eigenvalue weighted by Gasteiger charge is -2.25. The number of rotatable bonds is 5. The van der Waals surface area contributed by atoms with E-state index in [-0.39, 0.29) is 17.2 Å². The van der Waals surface area contributed by atoms with Crippen LogP contribution >= 0.6 is 34.9 Å². The van der Waals surface area contributed by atoms with Gasteiger partial charge < -0.3 is 4.90 Å². The lowest BCUT2D eigenvalue weighted by atomic mass is 10.1. The largest absolute Gasteiger partial charge is 0.308 e. The highest BCUT2D eigenvalue weighted by Gasteiger charge is 2.33. The number of hydrogen-bond donors (Lipinski definition) is 0. The fraction of sp³-hybridized carbons (Fsp3) is 0.438. The molecule has 0 N–H and O–H groups in total. The van der Waals surface area contributed by atoms with Gasteiger partial charge >= 0.3 is 0 Å². The molecule has 1 aliphatic heterocycles. The van der Waals surface area contributed by atoms with E-state index in [9.17, 15) is 4.79 Å². The first kappa shape index (κ1) is 16.8. The zero-order valence-electron chi connectivity index (χ0n) is 13.4. The van der Waals surface area contributed by atoms with Crippen molar-refractivity contribution >= 4 is 46.5 Å². The average molecular weight is 366 g/mol. The number of aromatic nitrogens is 2. The lowest BCUT2D eigenvalue weighted by molar-refractivity contribution is -0.118. The number of para-hydroxylation sites is 1. The molecule has 3 rings (SSSR count). The first-order valence-corrected chi connectivity index (χ1v) is 10.3.